The maximum absolute atomic E-state index is 10.8. The van der Waals surface area contributed by atoms with Crippen molar-refractivity contribution in [2.45, 2.75) is 79.1 Å². The molecular weight excluding hydrogens is 308 g/mol. The summed E-state index contributed by atoms with van der Waals surface area (Å²) < 4.78 is 0. The molecule has 2 aliphatic rings. The molecule has 2 heteroatoms. The molecule has 3 rings (SSSR count). The zero-order valence-electron chi connectivity index (χ0n) is 16.8. The minimum atomic E-state index is 0.109. The van der Waals surface area contributed by atoms with Crippen molar-refractivity contribution in [3.8, 4) is 0 Å². The first-order chi connectivity index (χ1) is 12.1. The van der Waals surface area contributed by atoms with Crippen molar-refractivity contribution in [2.24, 2.45) is 5.92 Å². The van der Waals surface area contributed by atoms with E-state index in [1.165, 1.54) is 24.8 Å². The lowest BCUT2D eigenvalue weighted by Crippen LogP contribution is -2.22. The van der Waals surface area contributed by atoms with Crippen LogP contribution in [0.25, 0.3) is 0 Å². The second-order valence-electron chi connectivity index (χ2n) is 6.35. The molecular formula is C23H36O2. The standard InChI is InChI=1S/C11H12.C7H10O2.C3H8.C2H6/c1-2-6-10(7-3-1)11-8-4-5-9-11;1-5-2-3-6(8)4-7(5)9;1-3-2;1-2/h1-4,6-8,11H,5,9H2;5H,2-4H2,1H3;3H2,1-2H3;1-2H3. The Hall–Kier alpha value is -1.70. The first-order valence-electron chi connectivity index (χ1n) is 9.84. The van der Waals surface area contributed by atoms with Gasteiger partial charge in [0.1, 0.15) is 11.6 Å². The van der Waals surface area contributed by atoms with E-state index in [4.69, 9.17) is 0 Å². The van der Waals surface area contributed by atoms with Gasteiger partial charge in [0.15, 0.2) is 0 Å². The summed E-state index contributed by atoms with van der Waals surface area (Å²) in [7, 11) is 0. The Morgan fingerprint density at radius 3 is 2.04 bits per heavy atom. The van der Waals surface area contributed by atoms with Crippen LogP contribution in [0.2, 0.25) is 0 Å². The van der Waals surface area contributed by atoms with E-state index in [1.807, 2.05) is 20.8 Å². The predicted molar refractivity (Wildman–Crippen MR) is 108 cm³/mol. The predicted octanol–water partition coefficient (Wildman–Crippen LogP) is 6.51. The van der Waals surface area contributed by atoms with Crippen LogP contribution in [-0.4, -0.2) is 11.6 Å². The smallest absolute Gasteiger partial charge is 0.143 e. The number of hydrogen-bond donors (Lipinski definition) is 0. The Morgan fingerprint density at radius 1 is 1.00 bits per heavy atom. The summed E-state index contributed by atoms with van der Waals surface area (Å²) in [5, 5.41) is 0. The van der Waals surface area contributed by atoms with Gasteiger partial charge >= 0.3 is 0 Å². The molecule has 0 heterocycles. The number of benzene rings is 1. The maximum atomic E-state index is 10.8. The summed E-state index contributed by atoms with van der Waals surface area (Å²) >= 11 is 0. The van der Waals surface area contributed by atoms with Crippen molar-refractivity contribution in [1.82, 2.24) is 0 Å². The van der Waals surface area contributed by atoms with Gasteiger partial charge in [-0.2, -0.15) is 0 Å². The molecule has 2 atom stereocenters. The Kier molecular flexibility index (Phi) is 13.6. The van der Waals surface area contributed by atoms with E-state index < -0.39 is 0 Å². The molecule has 0 aliphatic heterocycles. The lowest BCUT2D eigenvalue weighted by Gasteiger charge is -2.13. The molecule has 0 N–H and O–H groups in total. The van der Waals surface area contributed by atoms with Crippen LogP contribution in [0.15, 0.2) is 42.5 Å². The first kappa shape index (κ1) is 23.3. The molecule has 0 saturated heterocycles. The van der Waals surface area contributed by atoms with Gasteiger partial charge in [0.2, 0.25) is 0 Å². The van der Waals surface area contributed by atoms with Crippen molar-refractivity contribution in [3.05, 3.63) is 48.0 Å². The highest BCUT2D eigenvalue weighted by molar-refractivity contribution is 6.02. The monoisotopic (exact) mass is 344 g/mol. The van der Waals surface area contributed by atoms with E-state index in [9.17, 15) is 9.59 Å². The summed E-state index contributed by atoms with van der Waals surface area (Å²) in [5.41, 5.74) is 1.46. The lowest BCUT2D eigenvalue weighted by molar-refractivity contribution is -0.132. The summed E-state index contributed by atoms with van der Waals surface area (Å²) in [6, 6.07) is 10.7. The Bertz CT molecular complexity index is 502. The molecule has 1 fully saturated rings. The fourth-order valence-electron chi connectivity index (χ4n) is 2.61. The van der Waals surface area contributed by atoms with Gasteiger partial charge in [0, 0.05) is 18.3 Å². The molecule has 2 nitrogen and oxygen atoms in total. The van der Waals surface area contributed by atoms with Crippen LogP contribution in [-0.2, 0) is 9.59 Å². The maximum Gasteiger partial charge on any atom is 0.143 e. The van der Waals surface area contributed by atoms with E-state index in [1.54, 1.807) is 0 Å². The van der Waals surface area contributed by atoms with Gasteiger partial charge in [-0.05, 0) is 24.8 Å². The van der Waals surface area contributed by atoms with Gasteiger partial charge in [-0.3, -0.25) is 9.59 Å². The SMILES string of the molecule is C1=CC(c2ccccc2)CC1.CC.CC1CCC(=O)CC1=O.CCC. The van der Waals surface area contributed by atoms with Gasteiger partial charge in [-0.25, -0.2) is 0 Å². The molecule has 25 heavy (non-hydrogen) atoms. The molecule has 0 amide bonds. The van der Waals surface area contributed by atoms with Gasteiger partial charge in [-0.15, -0.1) is 0 Å². The van der Waals surface area contributed by atoms with Crippen LogP contribution in [0.3, 0.4) is 0 Å². The van der Waals surface area contributed by atoms with E-state index >= 15 is 0 Å². The summed E-state index contributed by atoms with van der Waals surface area (Å²) in [6.45, 7) is 10.1. The van der Waals surface area contributed by atoms with Crippen LogP contribution in [0.5, 0.6) is 0 Å². The number of allylic oxidation sites excluding steroid dienone is 2. The number of carbonyl (C=O) groups excluding carboxylic acids is 2. The summed E-state index contributed by atoms with van der Waals surface area (Å²) in [4.78, 5) is 21.4. The molecule has 0 bridgehead atoms. The highest BCUT2D eigenvalue weighted by Crippen LogP contribution is 2.27. The second kappa shape index (κ2) is 14.6. The molecule has 1 aromatic rings. The van der Waals surface area contributed by atoms with Crippen LogP contribution < -0.4 is 0 Å². The first-order valence-corrected chi connectivity index (χ1v) is 9.84. The minimum Gasteiger partial charge on any atom is -0.299 e. The number of ketones is 2. The molecule has 140 valence electrons. The molecule has 1 saturated carbocycles. The number of Topliss-reactive ketones (excluding diaryl/α,β-unsaturated/α-hetero) is 2. The van der Waals surface area contributed by atoms with Gasteiger partial charge in [-0.1, -0.05) is 83.5 Å². The minimum absolute atomic E-state index is 0.109. The van der Waals surface area contributed by atoms with Crippen LogP contribution in [0.1, 0.15) is 84.6 Å². The average Bonchev–Trinajstić information content (AvgIpc) is 3.17. The van der Waals surface area contributed by atoms with Crippen molar-refractivity contribution < 1.29 is 9.59 Å². The van der Waals surface area contributed by atoms with Crippen molar-refractivity contribution in [1.29, 1.82) is 0 Å². The van der Waals surface area contributed by atoms with Gasteiger partial charge in [0.05, 0.1) is 6.42 Å². The Morgan fingerprint density at radius 2 is 1.60 bits per heavy atom. The van der Waals surface area contributed by atoms with Gasteiger partial charge in [0.25, 0.3) is 0 Å². The second-order valence-corrected chi connectivity index (χ2v) is 6.35. The van der Waals surface area contributed by atoms with E-state index in [0.29, 0.717) is 12.3 Å². The van der Waals surface area contributed by atoms with Crippen LogP contribution >= 0.6 is 0 Å². The van der Waals surface area contributed by atoms with Gasteiger partial charge < -0.3 is 0 Å². The third-order valence-electron chi connectivity index (χ3n) is 4.02. The number of rotatable bonds is 1. The molecule has 1 aromatic carbocycles. The van der Waals surface area contributed by atoms with Crippen LogP contribution in [0, 0.1) is 5.92 Å². The van der Waals surface area contributed by atoms with Crippen molar-refractivity contribution >= 4 is 11.6 Å². The molecule has 2 aliphatic carbocycles. The highest BCUT2D eigenvalue weighted by atomic mass is 16.1. The topological polar surface area (TPSA) is 34.1 Å². The Labute approximate surface area is 154 Å². The molecule has 0 spiro atoms. The normalized spacial score (nSPS) is 21.2. The van der Waals surface area contributed by atoms with Crippen molar-refractivity contribution in [3.63, 3.8) is 0 Å². The highest BCUT2D eigenvalue weighted by Gasteiger charge is 2.22. The van der Waals surface area contributed by atoms with E-state index in [0.717, 1.165) is 6.42 Å². The largest absolute Gasteiger partial charge is 0.299 e. The van der Waals surface area contributed by atoms with E-state index in [2.05, 4.69) is 56.3 Å². The summed E-state index contributed by atoms with van der Waals surface area (Å²) in [6.07, 6.45) is 9.93. The number of hydrogen-bond acceptors (Lipinski definition) is 2. The summed E-state index contributed by atoms with van der Waals surface area (Å²) in [5.74, 6) is 1.04. The molecule has 0 aromatic heterocycles. The fourth-order valence-corrected chi connectivity index (χ4v) is 2.61. The molecule has 0 radical (unpaired) electrons. The zero-order chi connectivity index (χ0) is 19.1. The Balaban J connectivity index is 0.000000373. The lowest BCUT2D eigenvalue weighted by atomic mass is 9.89. The van der Waals surface area contributed by atoms with Crippen molar-refractivity contribution in [2.75, 3.05) is 0 Å². The fraction of sp³-hybridized carbons (Fsp3) is 0.565. The van der Waals surface area contributed by atoms with E-state index in [-0.39, 0.29) is 23.9 Å². The number of carbonyl (C=O) groups is 2. The zero-order valence-corrected chi connectivity index (χ0v) is 16.8. The van der Waals surface area contributed by atoms with Crippen LogP contribution in [0.4, 0.5) is 0 Å². The third kappa shape index (κ3) is 10.0. The quantitative estimate of drug-likeness (QED) is 0.430. The average molecular weight is 345 g/mol. The third-order valence-corrected chi connectivity index (χ3v) is 4.02. The molecule has 2 unspecified atom stereocenters.